The summed E-state index contributed by atoms with van der Waals surface area (Å²) < 4.78 is 22.2. The van der Waals surface area contributed by atoms with Crippen LogP contribution in [0.25, 0.3) is 0 Å². The zero-order valence-electron chi connectivity index (χ0n) is 4.91. The van der Waals surface area contributed by atoms with E-state index in [1.807, 2.05) is 0 Å². The van der Waals surface area contributed by atoms with Crippen molar-refractivity contribution in [2.75, 3.05) is 0 Å². The van der Waals surface area contributed by atoms with Crippen molar-refractivity contribution in [2.45, 2.75) is 0 Å². The van der Waals surface area contributed by atoms with Crippen LogP contribution < -0.4 is 0 Å². The van der Waals surface area contributed by atoms with Gasteiger partial charge in [-0.2, -0.15) is 4.31 Å². The van der Waals surface area contributed by atoms with E-state index < -0.39 is 15.6 Å². The summed E-state index contributed by atoms with van der Waals surface area (Å²) in [4.78, 5) is 31.0. The third-order valence-corrected chi connectivity index (χ3v) is 1.91. The van der Waals surface area contributed by atoms with Crippen molar-refractivity contribution in [2.24, 2.45) is 0 Å². The van der Waals surface area contributed by atoms with Crippen molar-refractivity contribution in [1.29, 1.82) is 0 Å². The summed E-state index contributed by atoms with van der Waals surface area (Å²) in [6.45, 7) is 0. The Morgan fingerprint density at radius 2 is 0.857 bits per heavy atom. The van der Waals surface area contributed by atoms with Crippen molar-refractivity contribution in [3.8, 4) is 0 Å². The monoisotopic (exact) mass is 286 g/mol. The van der Waals surface area contributed by atoms with E-state index in [1.54, 1.807) is 0 Å². The minimum atomic E-state index is -5.05. The fourth-order valence-corrected chi connectivity index (χ4v) is 1.25. The summed E-state index contributed by atoms with van der Waals surface area (Å²) in [5, 5.41) is 0. The Labute approximate surface area is 146 Å². The topological polar surface area (TPSA) is 187 Å². The van der Waals surface area contributed by atoms with Crippen LogP contribution in [0.3, 0.4) is 0 Å². The molecule has 0 aliphatic carbocycles. The molecule has 0 atom stereocenters. The molecule has 0 aromatic rings. The van der Waals surface area contributed by atoms with Crippen LogP contribution in [-0.2, 0) is 13.4 Å². The standard InChI is InChI=1S/3Na.H4O7P2.2H2O.3H/c;;;1-8(2,3)7-9(4,5)6;;;;;/h;;;(H2,1,2,3)(H2,4,5,6);2*1H2;;;. The molecule has 8 N–H and O–H groups in total. The molecule has 0 amide bonds. The van der Waals surface area contributed by atoms with Crippen molar-refractivity contribution >= 4 is 104 Å². The van der Waals surface area contributed by atoms with Crippen LogP contribution in [0.2, 0.25) is 0 Å². The van der Waals surface area contributed by atoms with Gasteiger partial charge in [-0.05, 0) is 0 Å². The van der Waals surface area contributed by atoms with Gasteiger partial charge < -0.3 is 30.5 Å². The van der Waals surface area contributed by atoms with Crippen molar-refractivity contribution in [1.82, 2.24) is 0 Å². The van der Waals surface area contributed by atoms with E-state index in [-0.39, 0.29) is 99.6 Å². The molecule has 0 aliphatic heterocycles. The maximum atomic E-state index is 9.63. The Bertz CT molecular complexity index is 158. The molecule has 14 heavy (non-hydrogen) atoms. The van der Waals surface area contributed by atoms with Gasteiger partial charge in [0.2, 0.25) is 0 Å². The van der Waals surface area contributed by atoms with Gasteiger partial charge in [-0.25, -0.2) is 9.13 Å². The van der Waals surface area contributed by atoms with Crippen LogP contribution in [0.5, 0.6) is 0 Å². The Kier molecular flexibility index (Phi) is 36.6. The summed E-state index contributed by atoms with van der Waals surface area (Å²) >= 11 is 0. The Balaban J connectivity index is -0.0000000320. The maximum absolute atomic E-state index is 9.63. The quantitative estimate of drug-likeness (QED) is 0.291. The van der Waals surface area contributed by atoms with Gasteiger partial charge in [-0.15, -0.1) is 0 Å². The fourth-order valence-electron chi connectivity index (χ4n) is 0.139. The molecule has 0 aromatic heterocycles. The second-order valence-corrected chi connectivity index (χ2v) is 3.68. The summed E-state index contributed by atoms with van der Waals surface area (Å²) in [6, 6.07) is 0. The van der Waals surface area contributed by atoms with Crippen LogP contribution in [0.15, 0.2) is 0 Å². The molecule has 0 bridgehead atoms. The number of phosphoric acid groups is 2. The molecular weight excluding hydrogens is 275 g/mol. The zero-order chi connectivity index (χ0) is 7.71. The summed E-state index contributed by atoms with van der Waals surface area (Å²) in [6.07, 6.45) is 0. The molecule has 0 spiro atoms. The molecule has 0 radical (unpaired) electrons. The van der Waals surface area contributed by atoms with Crippen LogP contribution in [0, 0.1) is 0 Å². The van der Waals surface area contributed by atoms with E-state index in [2.05, 4.69) is 4.31 Å². The van der Waals surface area contributed by atoms with Crippen LogP contribution >= 0.6 is 15.6 Å². The second-order valence-electron chi connectivity index (χ2n) is 1.06. The number of hydrogen-bond donors (Lipinski definition) is 4. The molecule has 14 heteroatoms. The predicted molar refractivity (Wildman–Crippen MR) is 53.8 cm³/mol. The molecule has 0 fully saturated rings. The Morgan fingerprint density at radius 3 is 0.857 bits per heavy atom. The first-order valence-corrected chi connectivity index (χ1v) is 4.59. The number of hydrogen-bond acceptors (Lipinski definition) is 3. The van der Waals surface area contributed by atoms with Gasteiger partial charge >= 0.3 is 104 Å². The molecule has 78 valence electrons. The third-order valence-electron chi connectivity index (χ3n) is 0.213. The predicted octanol–water partition coefficient (Wildman–Crippen LogP) is -4.41. The Hall–Kier alpha value is 3.18. The van der Waals surface area contributed by atoms with Gasteiger partial charge in [0, 0.05) is 0 Å². The average molecular weight is 286 g/mol. The Morgan fingerprint density at radius 1 is 0.714 bits per heavy atom. The molecule has 0 heterocycles. The summed E-state index contributed by atoms with van der Waals surface area (Å²) in [5.74, 6) is 0. The normalized spacial score (nSPS) is 8.86. The van der Waals surface area contributed by atoms with Gasteiger partial charge in [-0.3, -0.25) is 0 Å². The molecular formula is H11Na3O9P2. The summed E-state index contributed by atoms with van der Waals surface area (Å²) in [5.41, 5.74) is 0. The van der Waals surface area contributed by atoms with Crippen molar-refractivity contribution < 1.29 is 44.0 Å². The second kappa shape index (κ2) is 14.2. The first kappa shape index (κ1) is 36.0. The van der Waals surface area contributed by atoms with E-state index in [9.17, 15) is 9.13 Å². The average Bonchev–Trinajstić information content (AvgIpc) is 1.14. The third kappa shape index (κ3) is 36.2. The zero-order valence-corrected chi connectivity index (χ0v) is 6.70. The molecule has 0 unspecified atom stereocenters. The van der Waals surface area contributed by atoms with Crippen LogP contribution in [0.1, 0.15) is 0 Å². The molecule has 0 rings (SSSR count). The minimum absolute atomic E-state index is 0. The van der Waals surface area contributed by atoms with E-state index in [1.165, 1.54) is 0 Å². The summed E-state index contributed by atoms with van der Waals surface area (Å²) in [7, 11) is -10.1. The van der Waals surface area contributed by atoms with Gasteiger partial charge in [-0.1, -0.05) is 0 Å². The molecule has 0 saturated heterocycles. The van der Waals surface area contributed by atoms with E-state index in [0.29, 0.717) is 0 Å². The van der Waals surface area contributed by atoms with Gasteiger partial charge in [0.15, 0.2) is 0 Å². The fraction of sp³-hybridized carbons (Fsp3) is 0. The molecule has 9 nitrogen and oxygen atoms in total. The first-order chi connectivity index (χ1) is 3.71. The van der Waals surface area contributed by atoms with Crippen LogP contribution in [-0.4, -0.2) is 119 Å². The van der Waals surface area contributed by atoms with Gasteiger partial charge in [0.1, 0.15) is 0 Å². The molecule has 0 aliphatic rings. The molecule has 0 saturated carbocycles. The van der Waals surface area contributed by atoms with Crippen molar-refractivity contribution in [3.63, 3.8) is 0 Å². The van der Waals surface area contributed by atoms with E-state index in [4.69, 9.17) is 19.6 Å². The van der Waals surface area contributed by atoms with Crippen LogP contribution in [0.4, 0.5) is 0 Å². The van der Waals surface area contributed by atoms with E-state index >= 15 is 0 Å². The van der Waals surface area contributed by atoms with E-state index in [0.717, 1.165) is 0 Å². The number of rotatable bonds is 2. The molecule has 0 aromatic carbocycles. The first-order valence-electron chi connectivity index (χ1n) is 1.53. The van der Waals surface area contributed by atoms with Crippen molar-refractivity contribution in [3.05, 3.63) is 0 Å². The van der Waals surface area contributed by atoms with Gasteiger partial charge in [0.25, 0.3) is 0 Å². The van der Waals surface area contributed by atoms with Gasteiger partial charge in [0.05, 0.1) is 0 Å². The SMILES string of the molecule is O.O.O=P(O)(O)OP(=O)(O)O.[NaH].[NaH].[NaH].